The quantitative estimate of drug-likeness (QED) is 0.540. The number of fused-ring (bicyclic) bond motifs is 3. The first-order valence-electron chi connectivity index (χ1n) is 6.70. The highest BCUT2D eigenvalue weighted by atomic mass is 16.5. The molecule has 0 atom stereocenters. The highest BCUT2D eigenvalue weighted by Crippen LogP contribution is 2.29. The van der Waals surface area contributed by atoms with Crippen molar-refractivity contribution in [3.63, 3.8) is 0 Å². The summed E-state index contributed by atoms with van der Waals surface area (Å²) >= 11 is 0. The molecule has 0 amide bonds. The molecule has 0 saturated heterocycles. The molecule has 0 aliphatic rings. The first-order chi connectivity index (χ1) is 10.2. The van der Waals surface area contributed by atoms with Crippen LogP contribution < -0.4 is 0 Å². The largest absolute Gasteiger partial charge is 0.469 e. The lowest BCUT2D eigenvalue weighted by Gasteiger charge is -2.01. The molecule has 0 N–H and O–H groups in total. The number of furan rings is 1. The Bertz CT molecular complexity index is 829. The second kappa shape index (κ2) is 5.40. The number of hydrogen-bond donors (Lipinski definition) is 0. The summed E-state index contributed by atoms with van der Waals surface area (Å²) in [6.45, 7) is 0. The predicted molar refractivity (Wildman–Crippen MR) is 79.3 cm³/mol. The minimum Gasteiger partial charge on any atom is -0.469 e. The third-order valence-electron chi connectivity index (χ3n) is 3.48. The molecule has 0 fully saturated rings. The van der Waals surface area contributed by atoms with Crippen LogP contribution in [0.4, 0.5) is 0 Å². The standard InChI is InChI=1S/C17H14O4/c1-20-17(19)9-7-14(18)11-6-8-16-13(10-11)12-4-2-3-5-15(12)21-16/h2-6,8,10H,7,9H2,1H3. The Balaban J connectivity index is 1.94. The number of Topliss-reactive ketones (excluding diaryl/α,β-unsaturated/α-hetero) is 1. The Labute approximate surface area is 121 Å². The van der Waals surface area contributed by atoms with Crippen molar-refractivity contribution >= 4 is 33.7 Å². The number of benzene rings is 2. The van der Waals surface area contributed by atoms with Crippen LogP contribution in [0.15, 0.2) is 46.9 Å². The van der Waals surface area contributed by atoms with E-state index >= 15 is 0 Å². The second-order valence-electron chi connectivity index (χ2n) is 4.81. The summed E-state index contributed by atoms with van der Waals surface area (Å²) in [5, 5.41) is 1.89. The van der Waals surface area contributed by atoms with Gasteiger partial charge in [-0.2, -0.15) is 0 Å². The molecular weight excluding hydrogens is 268 g/mol. The normalized spacial score (nSPS) is 10.9. The SMILES string of the molecule is COC(=O)CCC(=O)c1ccc2oc3ccccc3c2c1. The summed E-state index contributed by atoms with van der Waals surface area (Å²) in [5.74, 6) is -0.453. The number of carbonyl (C=O) groups is 2. The lowest BCUT2D eigenvalue weighted by atomic mass is 10.0. The van der Waals surface area contributed by atoms with Gasteiger partial charge in [-0.3, -0.25) is 9.59 Å². The van der Waals surface area contributed by atoms with E-state index in [1.165, 1.54) is 7.11 Å². The van der Waals surface area contributed by atoms with Crippen molar-refractivity contribution in [3.8, 4) is 0 Å². The van der Waals surface area contributed by atoms with Crippen molar-refractivity contribution < 1.29 is 18.7 Å². The van der Waals surface area contributed by atoms with Crippen LogP contribution >= 0.6 is 0 Å². The van der Waals surface area contributed by atoms with Gasteiger partial charge in [0.05, 0.1) is 13.5 Å². The number of methoxy groups -OCH3 is 1. The zero-order chi connectivity index (χ0) is 14.8. The van der Waals surface area contributed by atoms with E-state index in [2.05, 4.69) is 4.74 Å². The average molecular weight is 282 g/mol. The van der Waals surface area contributed by atoms with Crippen molar-refractivity contribution in [3.05, 3.63) is 48.0 Å². The van der Waals surface area contributed by atoms with Gasteiger partial charge in [-0.15, -0.1) is 0 Å². The average Bonchev–Trinajstić information content (AvgIpc) is 2.90. The summed E-state index contributed by atoms with van der Waals surface area (Å²) in [4.78, 5) is 23.2. The Morgan fingerprint density at radius 3 is 2.57 bits per heavy atom. The van der Waals surface area contributed by atoms with E-state index in [9.17, 15) is 9.59 Å². The van der Waals surface area contributed by atoms with Crippen LogP contribution in [-0.4, -0.2) is 18.9 Å². The van der Waals surface area contributed by atoms with Gasteiger partial charge < -0.3 is 9.15 Å². The number of ketones is 1. The van der Waals surface area contributed by atoms with Crippen LogP contribution in [0.5, 0.6) is 0 Å². The molecule has 1 aromatic heterocycles. The molecule has 0 spiro atoms. The molecule has 3 aromatic rings. The lowest BCUT2D eigenvalue weighted by molar-refractivity contribution is -0.140. The lowest BCUT2D eigenvalue weighted by Crippen LogP contribution is -2.05. The summed E-state index contributed by atoms with van der Waals surface area (Å²) in [6, 6.07) is 13.0. The van der Waals surface area contributed by atoms with Gasteiger partial charge in [-0.1, -0.05) is 18.2 Å². The first-order valence-corrected chi connectivity index (χ1v) is 6.70. The fourth-order valence-electron chi connectivity index (χ4n) is 2.36. The first kappa shape index (κ1) is 13.4. The van der Waals surface area contributed by atoms with Crippen molar-refractivity contribution in [1.82, 2.24) is 0 Å². The molecule has 0 unspecified atom stereocenters. The van der Waals surface area contributed by atoms with Gasteiger partial charge in [0.15, 0.2) is 5.78 Å². The minimum absolute atomic E-state index is 0.0763. The van der Waals surface area contributed by atoms with E-state index in [1.807, 2.05) is 30.3 Å². The minimum atomic E-state index is -0.377. The number of rotatable bonds is 4. The van der Waals surface area contributed by atoms with E-state index in [4.69, 9.17) is 4.42 Å². The number of esters is 1. The molecule has 4 nitrogen and oxygen atoms in total. The zero-order valence-corrected chi connectivity index (χ0v) is 11.6. The molecule has 0 bridgehead atoms. The number of carbonyl (C=O) groups excluding carboxylic acids is 2. The third kappa shape index (κ3) is 2.52. The van der Waals surface area contributed by atoms with E-state index < -0.39 is 0 Å². The predicted octanol–water partition coefficient (Wildman–Crippen LogP) is 3.72. The zero-order valence-electron chi connectivity index (χ0n) is 11.6. The van der Waals surface area contributed by atoms with Gasteiger partial charge in [0.1, 0.15) is 11.2 Å². The molecular formula is C17H14O4. The monoisotopic (exact) mass is 282 g/mol. The maximum absolute atomic E-state index is 12.1. The van der Waals surface area contributed by atoms with Crippen molar-refractivity contribution in [2.45, 2.75) is 12.8 Å². The molecule has 0 saturated carbocycles. The van der Waals surface area contributed by atoms with Crippen LogP contribution in [0.1, 0.15) is 23.2 Å². The van der Waals surface area contributed by atoms with Crippen molar-refractivity contribution in [2.75, 3.05) is 7.11 Å². The Morgan fingerprint density at radius 1 is 1.00 bits per heavy atom. The fraction of sp³-hybridized carbons (Fsp3) is 0.176. The Morgan fingerprint density at radius 2 is 1.76 bits per heavy atom. The maximum Gasteiger partial charge on any atom is 0.305 e. The van der Waals surface area contributed by atoms with Crippen molar-refractivity contribution in [1.29, 1.82) is 0 Å². The summed E-state index contributed by atoms with van der Waals surface area (Å²) in [7, 11) is 1.32. The molecule has 3 rings (SSSR count). The van der Waals surface area contributed by atoms with Crippen LogP contribution in [0.3, 0.4) is 0 Å². The molecule has 0 aliphatic heterocycles. The molecule has 0 radical (unpaired) electrons. The van der Waals surface area contributed by atoms with E-state index in [0.29, 0.717) is 5.56 Å². The molecule has 106 valence electrons. The maximum atomic E-state index is 12.1. The molecule has 4 heteroatoms. The Hall–Kier alpha value is -2.62. The van der Waals surface area contributed by atoms with Gasteiger partial charge in [0.2, 0.25) is 0 Å². The second-order valence-corrected chi connectivity index (χ2v) is 4.81. The number of para-hydroxylation sites is 1. The van der Waals surface area contributed by atoms with Crippen LogP contribution in [0, 0.1) is 0 Å². The van der Waals surface area contributed by atoms with Gasteiger partial charge in [-0.05, 0) is 24.3 Å². The van der Waals surface area contributed by atoms with E-state index in [1.54, 1.807) is 12.1 Å². The fourth-order valence-corrected chi connectivity index (χ4v) is 2.36. The summed E-state index contributed by atoms with van der Waals surface area (Å²) in [6.07, 6.45) is 0.244. The van der Waals surface area contributed by atoms with Crippen LogP contribution in [-0.2, 0) is 9.53 Å². The molecule has 21 heavy (non-hydrogen) atoms. The smallest absolute Gasteiger partial charge is 0.305 e. The van der Waals surface area contributed by atoms with E-state index in [0.717, 1.165) is 21.9 Å². The number of hydrogen-bond acceptors (Lipinski definition) is 4. The highest BCUT2D eigenvalue weighted by molar-refractivity contribution is 6.08. The molecule has 0 aliphatic carbocycles. The third-order valence-corrected chi connectivity index (χ3v) is 3.48. The summed E-state index contributed by atoms with van der Waals surface area (Å²) in [5.41, 5.74) is 2.13. The van der Waals surface area contributed by atoms with Gasteiger partial charge in [0.25, 0.3) is 0 Å². The topological polar surface area (TPSA) is 56.5 Å². The molecule has 2 aromatic carbocycles. The van der Waals surface area contributed by atoms with Crippen LogP contribution in [0.25, 0.3) is 21.9 Å². The van der Waals surface area contributed by atoms with Gasteiger partial charge in [-0.25, -0.2) is 0 Å². The van der Waals surface area contributed by atoms with Crippen molar-refractivity contribution in [2.24, 2.45) is 0 Å². The molecule has 1 heterocycles. The Kier molecular flexibility index (Phi) is 3.44. The number of ether oxygens (including phenoxy) is 1. The van der Waals surface area contributed by atoms with Crippen LogP contribution in [0.2, 0.25) is 0 Å². The van der Waals surface area contributed by atoms with E-state index in [-0.39, 0.29) is 24.6 Å². The van der Waals surface area contributed by atoms with Gasteiger partial charge in [0, 0.05) is 22.8 Å². The summed E-state index contributed by atoms with van der Waals surface area (Å²) < 4.78 is 10.3. The highest BCUT2D eigenvalue weighted by Gasteiger charge is 2.12. The van der Waals surface area contributed by atoms with Gasteiger partial charge >= 0.3 is 5.97 Å².